The van der Waals surface area contributed by atoms with Gasteiger partial charge in [0.25, 0.3) is 0 Å². The summed E-state index contributed by atoms with van der Waals surface area (Å²) in [6, 6.07) is 2.66. The van der Waals surface area contributed by atoms with E-state index in [0.29, 0.717) is 17.4 Å². The highest BCUT2D eigenvalue weighted by Crippen LogP contribution is 2.42. The van der Waals surface area contributed by atoms with Crippen LogP contribution in [0.5, 0.6) is 5.75 Å². The van der Waals surface area contributed by atoms with Gasteiger partial charge in [-0.25, -0.2) is 4.98 Å². The summed E-state index contributed by atoms with van der Waals surface area (Å²) < 4.78 is 77.1. The SMILES string of the molecule is O=C1c2sc(-c3ccc(O)c(C(F)(F)F)c3)nc2CCC1C(F)(F)F. The molecule has 3 rings (SSSR count). The number of carbonyl (C=O) groups excluding carboxylic acids is 1. The molecule has 1 aromatic heterocycles. The Kier molecular flexibility index (Phi) is 4.05. The number of Topliss-reactive ketones (excluding diaryl/α,β-unsaturated/α-hetero) is 1. The van der Waals surface area contributed by atoms with Crippen molar-refractivity contribution in [2.45, 2.75) is 25.2 Å². The lowest BCUT2D eigenvalue weighted by Gasteiger charge is -2.21. The number of aromatic nitrogens is 1. The number of alkyl halides is 6. The van der Waals surface area contributed by atoms with E-state index in [-0.39, 0.29) is 27.6 Å². The Labute approximate surface area is 140 Å². The van der Waals surface area contributed by atoms with E-state index < -0.39 is 41.8 Å². The van der Waals surface area contributed by atoms with Crippen LogP contribution in [0.2, 0.25) is 0 Å². The normalized spacial score (nSPS) is 18.3. The molecule has 1 N–H and O–H groups in total. The number of hydrogen-bond acceptors (Lipinski definition) is 4. The zero-order chi connectivity index (χ0) is 18.6. The van der Waals surface area contributed by atoms with Gasteiger partial charge in [0.05, 0.1) is 16.1 Å². The van der Waals surface area contributed by atoms with Gasteiger partial charge in [-0.1, -0.05) is 0 Å². The maximum absolute atomic E-state index is 12.9. The number of rotatable bonds is 1. The third kappa shape index (κ3) is 3.22. The second kappa shape index (κ2) is 5.72. The topological polar surface area (TPSA) is 50.2 Å². The van der Waals surface area contributed by atoms with Crippen molar-refractivity contribution in [1.29, 1.82) is 0 Å². The van der Waals surface area contributed by atoms with Gasteiger partial charge in [0.1, 0.15) is 16.7 Å². The molecule has 0 spiro atoms. The van der Waals surface area contributed by atoms with Gasteiger partial charge in [-0.3, -0.25) is 4.79 Å². The molecule has 0 bridgehead atoms. The molecule has 0 fully saturated rings. The third-order valence-electron chi connectivity index (χ3n) is 3.85. The molecule has 1 aromatic carbocycles. The molecule has 3 nitrogen and oxygen atoms in total. The van der Waals surface area contributed by atoms with Crippen LogP contribution in [0.4, 0.5) is 26.3 Å². The molecule has 1 unspecified atom stereocenters. The monoisotopic (exact) mass is 381 g/mol. The molecule has 0 radical (unpaired) electrons. The van der Waals surface area contributed by atoms with Gasteiger partial charge in [0, 0.05) is 5.56 Å². The van der Waals surface area contributed by atoms with Crippen molar-refractivity contribution < 1.29 is 36.2 Å². The molecule has 1 heterocycles. The van der Waals surface area contributed by atoms with Gasteiger partial charge >= 0.3 is 12.4 Å². The average molecular weight is 381 g/mol. The highest BCUT2D eigenvalue weighted by Gasteiger charge is 2.48. The summed E-state index contributed by atoms with van der Waals surface area (Å²) in [5.74, 6) is -4.18. The van der Waals surface area contributed by atoms with Crippen molar-refractivity contribution in [2.24, 2.45) is 5.92 Å². The number of fused-ring (bicyclic) bond motifs is 1. The number of carbonyl (C=O) groups is 1. The maximum atomic E-state index is 12.9. The van der Waals surface area contributed by atoms with Crippen LogP contribution in [0.3, 0.4) is 0 Å². The van der Waals surface area contributed by atoms with Crippen LogP contribution >= 0.6 is 11.3 Å². The molecule has 0 saturated heterocycles. The van der Waals surface area contributed by atoms with E-state index >= 15 is 0 Å². The number of phenolic OH excluding ortho intramolecular Hbond substituents is 1. The van der Waals surface area contributed by atoms with Crippen LogP contribution in [0, 0.1) is 5.92 Å². The largest absolute Gasteiger partial charge is 0.507 e. The van der Waals surface area contributed by atoms with Crippen LogP contribution < -0.4 is 0 Å². The van der Waals surface area contributed by atoms with E-state index in [0.717, 1.165) is 6.07 Å². The Bertz CT molecular complexity index is 840. The zero-order valence-electron chi connectivity index (χ0n) is 12.2. The lowest BCUT2D eigenvalue weighted by atomic mass is 9.89. The Morgan fingerprint density at radius 3 is 2.44 bits per heavy atom. The third-order valence-corrected chi connectivity index (χ3v) is 5.01. The number of phenols is 1. The number of halogens is 6. The standard InChI is InChI=1S/C15H9F6NO2S/c16-14(17,18)7-2-3-9-12(11(7)24)25-13(22-9)6-1-4-10(23)8(5-6)15(19,20)21/h1,4-5,7,23H,2-3H2. The quantitative estimate of drug-likeness (QED) is 0.719. The molecule has 1 aliphatic rings. The number of nitrogens with zero attached hydrogens (tertiary/aromatic N) is 1. The molecule has 10 heteroatoms. The first-order valence-corrected chi connectivity index (χ1v) is 7.81. The van der Waals surface area contributed by atoms with E-state index in [1.807, 2.05) is 0 Å². The number of ketones is 1. The van der Waals surface area contributed by atoms with Gasteiger partial charge in [-0.05, 0) is 31.0 Å². The summed E-state index contributed by atoms with van der Waals surface area (Å²) in [6.07, 6.45) is -9.97. The van der Waals surface area contributed by atoms with Gasteiger partial charge in [0.2, 0.25) is 0 Å². The summed E-state index contributed by atoms with van der Waals surface area (Å²) in [5.41, 5.74) is -1.15. The van der Waals surface area contributed by atoms with Gasteiger partial charge < -0.3 is 5.11 Å². The Morgan fingerprint density at radius 1 is 1.16 bits per heavy atom. The summed E-state index contributed by atoms with van der Waals surface area (Å²) in [5, 5.41) is 9.34. The maximum Gasteiger partial charge on any atom is 0.419 e. The Balaban J connectivity index is 2.02. The van der Waals surface area contributed by atoms with E-state index in [2.05, 4.69) is 4.98 Å². The summed E-state index contributed by atoms with van der Waals surface area (Å²) in [6.45, 7) is 0. The minimum absolute atomic E-state index is 0.00618. The van der Waals surface area contributed by atoms with Crippen LogP contribution in [-0.4, -0.2) is 22.1 Å². The number of aryl methyl sites for hydroxylation is 1. The smallest absolute Gasteiger partial charge is 0.419 e. The summed E-state index contributed by atoms with van der Waals surface area (Å²) >= 11 is 0.632. The summed E-state index contributed by atoms with van der Waals surface area (Å²) in [7, 11) is 0. The molecule has 134 valence electrons. The molecule has 1 aliphatic carbocycles. The fourth-order valence-electron chi connectivity index (χ4n) is 2.62. The van der Waals surface area contributed by atoms with E-state index in [1.54, 1.807) is 0 Å². The highest BCUT2D eigenvalue weighted by molar-refractivity contribution is 7.17. The van der Waals surface area contributed by atoms with Crippen molar-refractivity contribution in [1.82, 2.24) is 4.98 Å². The van der Waals surface area contributed by atoms with Gasteiger partial charge in [0.15, 0.2) is 5.78 Å². The van der Waals surface area contributed by atoms with Crippen molar-refractivity contribution in [3.8, 4) is 16.3 Å². The minimum Gasteiger partial charge on any atom is -0.507 e. The van der Waals surface area contributed by atoms with Crippen molar-refractivity contribution in [3.05, 3.63) is 34.3 Å². The zero-order valence-corrected chi connectivity index (χ0v) is 13.0. The van der Waals surface area contributed by atoms with Crippen LogP contribution in [0.15, 0.2) is 18.2 Å². The van der Waals surface area contributed by atoms with Crippen molar-refractivity contribution in [2.75, 3.05) is 0 Å². The molecule has 2 aromatic rings. The van der Waals surface area contributed by atoms with Crippen LogP contribution in [0.25, 0.3) is 10.6 Å². The average Bonchev–Trinajstić information content (AvgIpc) is 2.90. The predicted molar refractivity (Wildman–Crippen MR) is 76.4 cm³/mol. The van der Waals surface area contributed by atoms with Crippen LogP contribution in [-0.2, 0) is 12.6 Å². The molecule has 0 saturated carbocycles. The van der Waals surface area contributed by atoms with E-state index in [4.69, 9.17) is 0 Å². The predicted octanol–water partition coefficient (Wildman–Crippen LogP) is 4.84. The van der Waals surface area contributed by atoms with Crippen LogP contribution in [0.1, 0.15) is 27.3 Å². The first-order valence-electron chi connectivity index (χ1n) is 6.99. The fourth-order valence-corrected chi connectivity index (χ4v) is 3.72. The summed E-state index contributed by atoms with van der Waals surface area (Å²) in [4.78, 5) is 15.9. The van der Waals surface area contributed by atoms with E-state index in [1.165, 1.54) is 6.07 Å². The first-order chi connectivity index (χ1) is 11.5. The fraction of sp³-hybridized carbons (Fsp3) is 0.333. The van der Waals surface area contributed by atoms with E-state index in [9.17, 15) is 36.2 Å². The molecule has 25 heavy (non-hydrogen) atoms. The minimum atomic E-state index is -4.80. The Hall–Kier alpha value is -2.10. The van der Waals surface area contributed by atoms with Crippen molar-refractivity contribution in [3.63, 3.8) is 0 Å². The second-order valence-electron chi connectivity index (χ2n) is 5.52. The molecule has 0 aliphatic heterocycles. The molecular weight excluding hydrogens is 372 g/mol. The van der Waals surface area contributed by atoms with Gasteiger partial charge in [-0.15, -0.1) is 11.3 Å². The Morgan fingerprint density at radius 2 is 1.84 bits per heavy atom. The highest BCUT2D eigenvalue weighted by atomic mass is 32.1. The lowest BCUT2D eigenvalue weighted by Crippen LogP contribution is -2.34. The molecule has 0 amide bonds. The second-order valence-corrected chi connectivity index (χ2v) is 6.52. The molecular formula is C15H9F6NO2S. The number of hydrogen-bond donors (Lipinski definition) is 1. The number of benzene rings is 1. The van der Waals surface area contributed by atoms with Crippen molar-refractivity contribution >= 4 is 17.1 Å². The number of thiazole rings is 1. The first kappa shape index (κ1) is 17.7. The molecule has 1 atom stereocenters. The lowest BCUT2D eigenvalue weighted by molar-refractivity contribution is -0.162. The van der Waals surface area contributed by atoms with Gasteiger partial charge in [-0.2, -0.15) is 26.3 Å². The number of aromatic hydroxyl groups is 1.